The van der Waals surface area contributed by atoms with E-state index in [2.05, 4.69) is 0 Å². The zero-order valence-corrected chi connectivity index (χ0v) is 11.1. The smallest absolute Gasteiger partial charge is 0 e. The van der Waals surface area contributed by atoms with E-state index < -0.39 is 0 Å². The van der Waals surface area contributed by atoms with Crippen molar-refractivity contribution in [3.05, 3.63) is 0 Å². The second-order valence-electron chi connectivity index (χ2n) is 0. The molecule has 0 N–H and O–H groups in total. The van der Waals surface area contributed by atoms with E-state index in [9.17, 15) is 0 Å². The van der Waals surface area contributed by atoms with Crippen molar-refractivity contribution in [2.24, 2.45) is 0 Å². The maximum Gasteiger partial charge on any atom is 0 e. The van der Waals surface area contributed by atoms with Crippen molar-refractivity contribution in [2.75, 3.05) is 0 Å². The first-order chi connectivity index (χ1) is 0. The Hall–Kier alpha value is 3.06. The summed E-state index contributed by atoms with van der Waals surface area (Å²) in [6, 6.07) is 0. The van der Waals surface area contributed by atoms with Crippen molar-refractivity contribution in [2.45, 2.75) is 7.43 Å². The molecule has 0 aromatic carbocycles. The Morgan fingerprint density at radius 3 is 1.00 bits per heavy atom. The van der Waals surface area contributed by atoms with Gasteiger partial charge >= 0.3 is 0 Å². The summed E-state index contributed by atoms with van der Waals surface area (Å²) in [7, 11) is 0. The Kier molecular flexibility index (Phi) is 1320. The van der Waals surface area contributed by atoms with Crippen LogP contribution in [0.4, 0.5) is 0 Å². The fraction of sp³-hybridized carbons (Fsp3) is 1.00. The van der Waals surface area contributed by atoms with Gasteiger partial charge in [-0.1, -0.05) is 7.43 Å². The second-order valence-corrected chi connectivity index (χ2v) is 0. The van der Waals surface area contributed by atoms with Crippen LogP contribution in [0.15, 0.2) is 0 Å². The Balaban J connectivity index is 0. The standard InChI is InChI=1S/CH4.Cr.Fe.Mn.Ni.H3P.H2S.Si/h1H4;;;;;1H3;1H2;. The molecule has 0 spiro atoms. The molecule has 0 aromatic rings. The summed E-state index contributed by atoms with van der Waals surface area (Å²) in [5.74, 6) is 0. The van der Waals surface area contributed by atoms with Gasteiger partial charge in [-0.25, -0.2) is 0 Å². The summed E-state index contributed by atoms with van der Waals surface area (Å²) >= 11 is 0. The molecule has 0 saturated carbocycles. The van der Waals surface area contributed by atoms with Crippen LogP contribution in [0.3, 0.4) is 0 Å². The van der Waals surface area contributed by atoms with Crippen molar-refractivity contribution < 1.29 is 68.0 Å². The SMILES string of the molecule is C.P.S.[Cr].[Fe].[Mn].[Ni].[Si]. The molecule has 0 aliphatic heterocycles. The average Bonchev–Trinajstić information content (AvgIpc) is 0. The van der Waals surface area contributed by atoms with Crippen LogP contribution in [0.25, 0.3) is 0 Å². The molecule has 0 bridgehead atoms. The summed E-state index contributed by atoms with van der Waals surface area (Å²) in [6.45, 7) is 0. The number of hydrogen-bond acceptors (Lipinski definition) is 0. The fourth-order valence-corrected chi connectivity index (χ4v) is 0. The van der Waals surface area contributed by atoms with Crippen molar-refractivity contribution in [1.29, 1.82) is 0 Å². The summed E-state index contributed by atoms with van der Waals surface area (Å²) in [4.78, 5) is 0. The van der Waals surface area contributed by atoms with E-state index in [-0.39, 0.29) is 110 Å². The number of hydrogen-bond donors (Lipinski definition) is 0. The van der Waals surface area contributed by atoms with Gasteiger partial charge in [0.15, 0.2) is 0 Å². The molecule has 0 rings (SSSR count). The van der Waals surface area contributed by atoms with Gasteiger partial charge < -0.3 is 0 Å². The van der Waals surface area contributed by atoms with Crippen LogP contribution in [-0.2, 0) is 68.0 Å². The third-order valence-electron chi connectivity index (χ3n) is 0. The summed E-state index contributed by atoms with van der Waals surface area (Å²) < 4.78 is 0. The third-order valence-corrected chi connectivity index (χ3v) is 0. The summed E-state index contributed by atoms with van der Waals surface area (Å²) in [5, 5.41) is 0. The van der Waals surface area contributed by atoms with Crippen LogP contribution in [0.2, 0.25) is 0 Å². The van der Waals surface area contributed by atoms with E-state index in [0.29, 0.717) is 0 Å². The minimum atomic E-state index is 0. The van der Waals surface area contributed by atoms with Gasteiger partial charge in [-0.3, -0.25) is 0 Å². The van der Waals surface area contributed by atoms with Gasteiger partial charge in [0.1, 0.15) is 0 Å². The molecule has 59 valence electrons. The molecule has 5 radical (unpaired) electrons. The minimum Gasteiger partial charge on any atom is -0.197 e. The van der Waals surface area contributed by atoms with Gasteiger partial charge in [0.2, 0.25) is 0 Å². The fourth-order valence-electron chi connectivity index (χ4n) is 0. The zero-order valence-electron chi connectivity index (χ0n) is 3.16. The molecule has 0 aliphatic rings. The predicted octanol–water partition coefficient (Wildman–Crippen LogP) is 0.416. The van der Waals surface area contributed by atoms with E-state index >= 15 is 0 Å². The molecular formula is CH9CrFeMnNiPSSi. The van der Waals surface area contributed by atoms with Crippen molar-refractivity contribution in [3.8, 4) is 0 Å². The van der Waals surface area contributed by atoms with E-state index in [0.717, 1.165) is 0 Å². The van der Waals surface area contributed by atoms with Crippen LogP contribution in [0, 0.1) is 0 Å². The number of rotatable bonds is 0. The molecule has 0 aromatic heterocycles. The minimum absolute atomic E-state index is 0. The van der Waals surface area contributed by atoms with Crippen LogP contribution < -0.4 is 0 Å². The van der Waals surface area contributed by atoms with Gasteiger partial charge in [0.25, 0.3) is 0 Å². The maximum absolute atomic E-state index is 0. The third kappa shape index (κ3) is 62.8. The molecule has 0 amide bonds. The first-order valence-electron chi connectivity index (χ1n) is 0. The van der Waals surface area contributed by atoms with Gasteiger partial charge in [-0.15, -0.1) is 0 Å². The van der Waals surface area contributed by atoms with Crippen molar-refractivity contribution >= 4 is 34.4 Å². The van der Waals surface area contributed by atoms with E-state index in [1.165, 1.54) is 0 Å². The first-order valence-corrected chi connectivity index (χ1v) is 0. The van der Waals surface area contributed by atoms with Crippen LogP contribution in [0.5, 0.6) is 0 Å². The van der Waals surface area contributed by atoms with Gasteiger partial charge in [-0.2, -0.15) is 23.4 Å². The molecule has 8 heavy (non-hydrogen) atoms. The Bertz CT molecular complexity index is 24.0. The molecule has 0 heterocycles. The van der Waals surface area contributed by atoms with Gasteiger partial charge in [0, 0.05) is 79.0 Å². The normalized spacial score (nSPS) is 0. The molecule has 1 atom stereocenters. The van der Waals surface area contributed by atoms with Crippen LogP contribution in [0.1, 0.15) is 7.43 Å². The monoisotopic (exact) mass is 333 g/mol. The predicted molar refractivity (Wildman–Crippen MR) is 34.0 cm³/mol. The van der Waals surface area contributed by atoms with Crippen LogP contribution in [-0.4, -0.2) is 11.0 Å². The molecule has 0 nitrogen and oxygen atoms in total. The zero-order chi connectivity index (χ0) is 0. The largest absolute Gasteiger partial charge is 0.197 e. The van der Waals surface area contributed by atoms with Crippen molar-refractivity contribution in [3.63, 3.8) is 0 Å². The van der Waals surface area contributed by atoms with E-state index in [1.807, 2.05) is 0 Å². The first kappa shape index (κ1) is 119. The summed E-state index contributed by atoms with van der Waals surface area (Å²) in [5.41, 5.74) is 0. The Labute approximate surface area is 109 Å². The Morgan fingerprint density at radius 2 is 1.00 bits per heavy atom. The van der Waals surface area contributed by atoms with Crippen molar-refractivity contribution in [1.82, 2.24) is 0 Å². The molecule has 1 unspecified atom stereocenters. The molecule has 0 saturated heterocycles. The Morgan fingerprint density at radius 1 is 1.00 bits per heavy atom. The van der Waals surface area contributed by atoms with Gasteiger partial charge in [-0.05, 0) is 0 Å². The topological polar surface area (TPSA) is 0 Å². The van der Waals surface area contributed by atoms with E-state index in [1.54, 1.807) is 0 Å². The summed E-state index contributed by atoms with van der Waals surface area (Å²) in [6.07, 6.45) is 0. The van der Waals surface area contributed by atoms with E-state index in [4.69, 9.17) is 0 Å². The quantitative estimate of drug-likeness (QED) is 0.445. The molecule has 0 fully saturated rings. The molecule has 0 aliphatic carbocycles. The maximum atomic E-state index is 0. The van der Waals surface area contributed by atoms with Crippen LogP contribution >= 0.6 is 23.4 Å². The molecular weight excluding hydrogens is 325 g/mol. The second kappa shape index (κ2) is 88.1. The van der Waals surface area contributed by atoms with Gasteiger partial charge in [0.05, 0.1) is 0 Å². The average molecular weight is 334 g/mol. The molecule has 7 heteroatoms.